The van der Waals surface area contributed by atoms with Gasteiger partial charge < -0.3 is 9.72 Å². The van der Waals surface area contributed by atoms with Gasteiger partial charge in [0.1, 0.15) is 18.2 Å². The van der Waals surface area contributed by atoms with E-state index in [-0.39, 0.29) is 12.2 Å². The summed E-state index contributed by atoms with van der Waals surface area (Å²) in [5, 5.41) is 0.539. The van der Waals surface area contributed by atoms with Crippen LogP contribution >= 0.6 is 0 Å². The molecule has 5 nitrogen and oxygen atoms in total. The predicted octanol–water partition coefficient (Wildman–Crippen LogP) is 2.78. The third-order valence-corrected chi connectivity index (χ3v) is 4.25. The zero-order valence-electron chi connectivity index (χ0n) is 12.7. The molecule has 0 amide bonds. The quantitative estimate of drug-likeness (QED) is 0.808. The lowest BCUT2D eigenvalue weighted by Gasteiger charge is -2.16. The molecule has 0 saturated heterocycles. The molecule has 1 aliphatic rings. The molecule has 23 heavy (non-hydrogen) atoms. The Kier molecular flexibility index (Phi) is 3.54. The molecule has 0 atom stereocenters. The Balaban J connectivity index is 1.56. The number of pyridine rings is 1. The van der Waals surface area contributed by atoms with E-state index in [9.17, 15) is 4.79 Å². The molecular weight excluding hydrogens is 290 g/mol. The summed E-state index contributed by atoms with van der Waals surface area (Å²) < 4.78 is 5.81. The first kappa shape index (κ1) is 13.9. The number of hydrogen-bond acceptors (Lipinski definition) is 4. The standard InChI is InChI=1S/C18H17N3O2/c22-18-15-7-8-19-10-16(15)20-17(21-18)11-23-14-6-5-12-3-1-2-4-13(12)9-14/h5-10H,1-4,11H2,(H,20,21,22). The molecule has 116 valence electrons. The maximum Gasteiger partial charge on any atom is 0.258 e. The van der Waals surface area contributed by atoms with Crippen LogP contribution in [-0.4, -0.2) is 15.0 Å². The Morgan fingerprint density at radius 2 is 2.00 bits per heavy atom. The van der Waals surface area contributed by atoms with Crippen molar-refractivity contribution in [2.75, 3.05) is 0 Å². The van der Waals surface area contributed by atoms with Crippen LogP contribution in [0.25, 0.3) is 10.9 Å². The molecule has 4 rings (SSSR count). The summed E-state index contributed by atoms with van der Waals surface area (Å²) >= 11 is 0. The highest BCUT2D eigenvalue weighted by Gasteiger charge is 2.10. The molecule has 2 heterocycles. The van der Waals surface area contributed by atoms with Crippen molar-refractivity contribution < 1.29 is 4.74 Å². The van der Waals surface area contributed by atoms with E-state index in [1.807, 2.05) is 6.07 Å². The number of aromatic amines is 1. The Labute approximate surface area is 133 Å². The highest BCUT2D eigenvalue weighted by molar-refractivity contribution is 5.75. The van der Waals surface area contributed by atoms with Crippen molar-refractivity contribution >= 4 is 10.9 Å². The minimum atomic E-state index is -0.165. The van der Waals surface area contributed by atoms with Crippen LogP contribution < -0.4 is 10.3 Å². The molecule has 0 radical (unpaired) electrons. The number of aryl methyl sites for hydroxylation is 2. The SMILES string of the molecule is O=c1[nH]c(COc2ccc3c(c2)CCCC3)nc2cnccc12. The molecule has 1 aliphatic carbocycles. The van der Waals surface area contributed by atoms with Gasteiger partial charge in [0.15, 0.2) is 0 Å². The Morgan fingerprint density at radius 1 is 1.13 bits per heavy atom. The number of rotatable bonds is 3. The second-order valence-electron chi connectivity index (χ2n) is 5.83. The van der Waals surface area contributed by atoms with Crippen LogP contribution in [0.3, 0.4) is 0 Å². The zero-order chi connectivity index (χ0) is 15.6. The van der Waals surface area contributed by atoms with Crippen molar-refractivity contribution in [1.82, 2.24) is 15.0 Å². The lowest BCUT2D eigenvalue weighted by Crippen LogP contribution is -2.14. The van der Waals surface area contributed by atoms with Crippen molar-refractivity contribution in [3.8, 4) is 5.75 Å². The largest absolute Gasteiger partial charge is 0.486 e. The van der Waals surface area contributed by atoms with E-state index in [4.69, 9.17) is 4.74 Å². The van der Waals surface area contributed by atoms with Gasteiger partial charge >= 0.3 is 0 Å². The van der Waals surface area contributed by atoms with Gasteiger partial charge in [-0.2, -0.15) is 0 Å². The molecule has 0 fully saturated rings. The summed E-state index contributed by atoms with van der Waals surface area (Å²) in [5.74, 6) is 1.33. The third kappa shape index (κ3) is 2.82. The van der Waals surface area contributed by atoms with Gasteiger partial charge in [0.25, 0.3) is 5.56 Å². The number of H-pyrrole nitrogens is 1. The molecule has 0 aliphatic heterocycles. The van der Waals surface area contributed by atoms with Crippen LogP contribution in [0.5, 0.6) is 5.75 Å². The molecular formula is C18H17N3O2. The van der Waals surface area contributed by atoms with Crippen LogP contribution in [0.4, 0.5) is 0 Å². The summed E-state index contributed by atoms with van der Waals surface area (Å²) in [6, 6.07) is 7.90. The first-order chi connectivity index (χ1) is 11.3. The van der Waals surface area contributed by atoms with E-state index in [0.29, 0.717) is 16.7 Å². The van der Waals surface area contributed by atoms with Gasteiger partial charge in [-0.15, -0.1) is 0 Å². The van der Waals surface area contributed by atoms with Crippen LogP contribution in [0.1, 0.15) is 29.8 Å². The second kappa shape index (κ2) is 5.83. The second-order valence-corrected chi connectivity index (χ2v) is 5.83. The van der Waals surface area contributed by atoms with Crippen LogP contribution in [0.2, 0.25) is 0 Å². The van der Waals surface area contributed by atoms with Crippen LogP contribution in [0.15, 0.2) is 41.5 Å². The molecule has 5 heteroatoms. The first-order valence-corrected chi connectivity index (χ1v) is 7.87. The average molecular weight is 307 g/mol. The number of benzene rings is 1. The van der Waals surface area contributed by atoms with Gasteiger partial charge in [0.05, 0.1) is 17.1 Å². The lowest BCUT2D eigenvalue weighted by molar-refractivity contribution is 0.295. The van der Waals surface area contributed by atoms with E-state index < -0.39 is 0 Å². The molecule has 0 spiro atoms. The number of nitrogens with one attached hydrogen (secondary N) is 1. The fourth-order valence-electron chi connectivity index (χ4n) is 3.06. The normalized spacial score (nSPS) is 13.7. The summed E-state index contributed by atoms with van der Waals surface area (Å²) in [4.78, 5) is 23.2. The highest BCUT2D eigenvalue weighted by atomic mass is 16.5. The van der Waals surface area contributed by atoms with Gasteiger partial charge in [0, 0.05) is 6.20 Å². The minimum Gasteiger partial charge on any atom is -0.486 e. The molecule has 0 bridgehead atoms. The zero-order valence-corrected chi connectivity index (χ0v) is 12.7. The fourth-order valence-corrected chi connectivity index (χ4v) is 3.06. The van der Waals surface area contributed by atoms with Gasteiger partial charge in [-0.1, -0.05) is 6.07 Å². The topological polar surface area (TPSA) is 67.9 Å². The van der Waals surface area contributed by atoms with Crippen molar-refractivity contribution in [2.24, 2.45) is 0 Å². The van der Waals surface area contributed by atoms with Crippen molar-refractivity contribution in [1.29, 1.82) is 0 Å². The van der Waals surface area contributed by atoms with Gasteiger partial charge in [-0.25, -0.2) is 4.98 Å². The number of ether oxygens (including phenoxy) is 1. The maximum absolute atomic E-state index is 12.0. The minimum absolute atomic E-state index is 0.165. The molecule has 0 unspecified atom stereocenters. The van der Waals surface area contributed by atoms with Crippen molar-refractivity contribution in [3.63, 3.8) is 0 Å². The number of hydrogen-bond donors (Lipinski definition) is 1. The molecule has 2 aromatic heterocycles. The van der Waals surface area contributed by atoms with Crippen LogP contribution in [0, 0.1) is 0 Å². The molecule has 1 N–H and O–H groups in total. The first-order valence-electron chi connectivity index (χ1n) is 7.87. The van der Waals surface area contributed by atoms with Crippen molar-refractivity contribution in [2.45, 2.75) is 32.3 Å². The molecule has 1 aromatic carbocycles. The Morgan fingerprint density at radius 3 is 2.91 bits per heavy atom. The summed E-state index contributed by atoms with van der Waals surface area (Å²) in [6.07, 6.45) is 7.95. The summed E-state index contributed by atoms with van der Waals surface area (Å²) in [5.41, 5.74) is 3.21. The van der Waals surface area contributed by atoms with E-state index in [1.54, 1.807) is 18.5 Å². The monoisotopic (exact) mass is 307 g/mol. The number of nitrogens with zero attached hydrogens (tertiary/aromatic N) is 2. The number of aromatic nitrogens is 3. The fraction of sp³-hybridized carbons (Fsp3) is 0.278. The average Bonchev–Trinajstić information content (AvgIpc) is 2.60. The molecule has 0 saturated carbocycles. The lowest BCUT2D eigenvalue weighted by atomic mass is 9.92. The Bertz CT molecular complexity index is 918. The van der Waals surface area contributed by atoms with E-state index in [2.05, 4.69) is 27.1 Å². The van der Waals surface area contributed by atoms with Crippen molar-refractivity contribution in [3.05, 3.63) is 64.0 Å². The van der Waals surface area contributed by atoms with Gasteiger partial charge in [-0.05, 0) is 55.0 Å². The van der Waals surface area contributed by atoms with E-state index >= 15 is 0 Å². The van der Waals surface area contributed by atoms with Gasteiger partial charge in [-0.3, -0.25) is 9.78 Å². The Hall–Kier alpha value is -2.69. The smallest absolute Gasteiger partial charge is 0.258 e. The molecule has 3 aromatic rings. The third-order valence-electron chi connectivity index (χ3n) is 4.25. The summed E-state index contributed by atoms with van der Waals surface area (Å²) in [6.45, 7) is 0.235. The van der Waals surface area contributed by atoms with Gasteiger partial charge in [0.2, 0.25) is 0 Å². The summed E-state index contributed by atoms with van der Waals surface area (Å²) in [7, 11) is 0. The predicted molar refractivity (Wildman–Crippen MR) is 87.6 cm³/mol. The van der Waals surface area contributed by atoms with Crippen LogP contribution in [-0.2, 0) is 19.4 Å². The van der Waals surface area contributed by atoms with E-state index in [0.717, 1.165) is 18.6 Å². The van der Waals surface area contributed by atoms with E-state index in [1.165, 1.54) is 24.0 Å². The number of fused-ring (bicyclic) bond motifs is 2. The highest BCUT2D eigenvalue weighted by Crippen LogP contribution is 2.25. The maximum atomic E-state index is 12.0.